The summed E-state index contributed by atoms with van der Waals surface area (Å²) in [6.07, 6.45) is 28.7. The Morgan fingerprint density at radius 3 is 1.73 bits per heavy atom. The summed E-state index contributed by atoms with van der Waals surface area (Å²) in [6, 6.07) is 0. The van der Waals surface area contributed by atoms with Gasteiger partial charge in [0.1, 0.15) is 31.4 Å². The van der Waals surface area contributed by atoms with E-state index in [2.05, 4.69) is 22.5 Å². The molecule has 1 unspecified atom stereocenters. The minimum Gasteiger partial charge on any atom is -0.460 e. The molecule has 1 atom stereocenters. The lowest BCUT2D eigenvalue weighted by molar-refractivity contribution is -0.155. The minimum atomic E-state index is -0.424. The van der Waals surface area contributed by atoms with Crippen LogP contribution in [-0.4, -0.2) is 108 Å². The molecule has 0 saturated heterocycles. The average Bonchev–Trinajstić information content (AvgIpc) is 3.16. The van der Waals surface area contributed by atoms with Crippen molar-refractivity contribution in [2.24, 2.45) is 0 Å². The topological polar surface area (TPSA) is 140 Å². The van der Waals surface area contributed by atoms with Gasteiger partial charge >= 0.3 is 5.97 Å². The van der Waals surface area contributed by atoms with Crippen molar-refractivity contribution < 1.29 is 47.5 Å². The fourth-order valence-electron chi connectivity index (χ4n) is 6.67. The highest BCUT2D eigenvalue weighted by atomic mass is 16.7. The summed E-state index contributed by atoms with van der Waals surface area (Å²) in [5.74, 6) is 4.86. The number of hydrogen-bond donors (Lipinski definition) is 2. The van der Waals surface area contributed by atoms with Gasteiger partial charge in [-0.05, 0) is 98.3 Å². The number of unbranched alkanes of at least 4 members (excludes halogenated alkanes) is 8. The van der Waals surface area contributed by atoms with E-state index in [0.29, 0.717) is 91.5 Å². The Morgan fingerprint density at radius 1 is 0.610 bits per heavy atom. The summed E-state index contributed by atoms with van der Waals surface area (Å²) in [5, 5.41) is 7.05. The molecule has 0 bridgehead atoms. The molecule has 338 valence electrons. The molecule has 1 saturated carbocycles. The predicted molar refractivity (Wildman–Crippen MR) is 232 cm³/mol. The van der Waals surface area contributed by atoms with Gasteiger partial charge in [0.2, 0.25) is 5.91 Å². The van der Waals surface area contributed by atoms with Crippen LogP contribution >= 0.6 is 0 Å². The molecule has 59 heavy (non-hydrogen) atoms. The highest BCUT2D eigenvalue weighted by Gasteiger charge is 2.32. The number of carbonyl (C=O) groups excluding carboxylic acids is 3. The SMILES string of the molecule is C#CCOCCOCCOCCNC(=O)CCC(CCCCOCOCCOCC#C)(CCC(C)=O)NC(CCCCCCCCCCC(=O)OC(C)(C)C)=C1CCC1. The molecule has 0 aromatic heterocycles. The number of ether oxygens (including phenoxy) is 7. The third-order valence-corrected chi connectivity index (χ3v) is 9.98. The van der Waals surface area contributed by atoms with E-state index >= 15 is 0 Å². The van der Waals surface area contributed by atoms with Gasteiger partial charge in [-0.2, -0.15) is 0 Å². The molecular formula is C47H80N2O10. The first kappa shape index (κ1) is 54.0. The summed E-state index contributed by atoms with van der Waals surface area (Å²) in [7, 11) is 0. The molecule has 2 N–H and O–H groups in total. The average molecular weight is 833 g/mol. The molecule has 1 aliphatic rings. The van der Waals surface area contributed by atoms with Crippen molar-refractivity contribution in [2.75, 3.05) is 79.4 Å². The molecule has 0 radical (unpaired) electrons. The van der Waals surface area contributed by atoms with Gasteiger partial charge in [-0.25, -0.2) is 0 Å². The monoisotopic (exact) mass is 833 g/mol. The molecule has 12 nitrogen and oxygen atoms in total. The molecule has 1 rings (SSSR count). The van der Waals surface area contributed by atoms with Crippen LogP contribution in [-0.2, 0) is 47.5 Å². The van der Waals surface area contributed by atoms with E-state index in [0.717, 1.165) is 70.6 Å². The maximum absolute atomic E-state index is 13.2. The number of rotatable bonds is 40. The molecule has 0 heterocycles. The van der Waals surface area contributed by atoms with E-state index in [9.17, 15) is 14.4 Å². The van der Waals surface area contributed by atoms with E-state index in [1.54, 1.807) is 6.92 Å². The van der Waals surface area contributed by atoms with Crippen molar-refractivity contribution in [1.29, 1.82) is 0 Å². The maximum Gasteiger partial charge on any atom is 0.306 e. The van der Waals surface area contributed by atoms with Crippen LogP contribution in [0.1, 0.15) is 156 Å². The predicted octanol–water partition coefficient (Wildman–Crippen LogP) is 7.75. The standard InChI is InChI=1S/C47H80N2O10/c1-7-30-53-34-36-56-37-35-55-33-29-48-44(51)25-28-47(27-24-41(3)50,26-17-18-32-57-40-58-39-38-54-31-8-2)49-43(42-20-19-21-42)22-15-13-11-9-10-12-14-16-23-45(52)59-46(4,5)6/h1-2,49H,9-40H2,3-6H3,(H,48,51). The quantitative estimate of drug-likeness (QED) is 0.0271. The number of esters is 1. The van der Waals surface area contributed by atoms with Gasteiger partial charge < -0.3 is 48.6 Å². The highest BCUT2D eigenvalue weighted by molar-refractivity contribution is 5.76. The normalized spacial score (nSPS) is 13.5. The van der Waals surface area contributed by atoms with E-state index in [1.807, 2.05) is 20.8 Å². The smallest absolute Gasteiger partial charge is 0.306 e. The third kappa shape index (κ3) is 32.5. The Bertz CT molecular complexity index is 1230. The molecule has 0 aromatic rings. The number of allylic oxidation sites excluding steroid dienone is 2. The largest absolute Gasteiger partial charge is 0.460 e. The van der Waals surface area contributed by atoms with Gasteiger partial charge in [0, 0.05) is 43.7 Å². The van der Waals surface area contributed by atoms with Crippen LogP contribution in [0.2, 0.25) is 0 Å². The first-order valence-corrected chi connectivity index (χ1v) is 22.3. The minimum absolute atomic E-state index is 0.0288. The van der Waals surface area contributed by atoms with Crippen molar-refractivity contribution in [2.45, 2.75) is 167 Å². The summed E-state index contributed by atoms with van der Waals surface area (Å²) in [6.45, 7) is 12.0. The van der Waals surface area contributed by atoms with Crippen molar-refractivity contribution in [3.63, 3.8) is 0 Å². The first-order valence-electron chi connectivity index (χ1n) is 22.3. The fraction of sp³-hybridized carbons (Fsp3) is 0.809. The molecule has 1 fully saturated rings. The molecule has 0 aromatic carbocycles. The first-order chi connectivity index (χ1) is 28.5. The summed E-state index contributed by atoms with van der Waals surface area (Å²) < 4.78 is 38.1. The number of ketones is 1. The molecule has 1 aliphatic carbocycles. The van der Waals surface area contributed by atoms with Crippen molar-refractivity contribution >= 4 is 17.7 Å². The van der Waals surface area contributed by atoms with Gasteiger partial charge in [0.15, 0.2) is 0 Å². The second kappa shape index (κ2) is 35.8. The number of hydrogen-bond acceptors (Lipinski definition) is 11. The number of carbonyl (C=O) groups is 3. The molecule has 1 amide bonds. The zero-order valence-electron chi connectivity index (χ0n) is 37.4. The second-order valence-corrected chi connectivity index (χ2v) is 16.4. The van der Waals surface area contributed by atoms with Crippen LogP contribution in [0.15, 0.2) is 11.3 Å². The fourth-order valence-corrected chi connectivity index (χ4v) is 6.67. The lowest BCUT2D eigenvalue weighted by atomic mass is 9.80. The van der Waals surface area contributed by atoms with Gasteiger partial charge in [-0.1, -0.05) is 55.9 Å². The van der Waals surface area contributed by atoms with Crippen LogP contribution in [0.4, 0.5) is 0 Å². The van der Waals surface area contributed by atoms with Crippen molar-refractivity contribution in [3.8, 4) is 24.7 Å². The Hall–Kier alpha value is -2.97. The zero-order chi connectivity index (χ0) is 43.3. The van der Waals surface area contributed by atoms with Crippen LogP contribution in [0.3, 0.4) is 0 Å². The molecule has 0 spiro atoms. The Labute approximate surface area is 357 Å². The summed E-state index contributed by atoms with van der Waals surface area (Å²) in [4.78, 5) is 37.6. The number of nitrogens with one attached hydrogen (secondary N) is 2. The van der Waals surface area contributed by atoms with E-state index in [4.69, 9.17) is 46.0 Å². The van der Waals surface area contributed by atoms with Gasteiger partial charge in [0.25, 0.3) is 0 Å². The van der Waals surface area contributed by atoms with E-state index < -0.39 is 11.1 Å². The number of Topliss-reactive ketones (excluding diaryl/α,β-unsaturated/α-hetero) is 1. The Morgan fingerprint density at radius 2 is 1.15 bits per heavy atom. The van der Waals surface area contributed by atoms with Crippen LogP contribution in [0.5, 0.6) is 0 Å². The third-order valence-electron chi connectivity index (χ3n) is 9.98. The molecular weight excluding hydrogens is 753 g/mol. The summed E-state index contributed by atoms with van der Waals surface area (Å²) in [5.41, 5.74) is 1.98. The molecule has 0 aliphatic heterocycles. The van der Waals surface area contributed by atoms with Gasteiger partial charge in [0.05, 0.1) is 46.2 Å². The lowest BCUT2D eigenvalue weighted by Crippen LogP contribution is -2.47. The maximum atomic E-state index is 13.2. The number of amides is 1. The molecule has 12 heteroatoms. The van der Waals surface area contributed by atoms with Gasteiger partial charge in [-0.15, -0.1) is 12.8 Å². The van der Waals surface area contributed by atoms with E-state index in [1.165, 1.54) is 37.0 Å². The summed E-state index contributed by atoms with van der Waals surface area (Å²) >= 11 is 0. The van der Waals surface area contributed by atoms with E-state index in [-0.39, 0.29) is 37.7 Å². The van der Waals surface area contributed by atoms with Crippen LogP contribution < -0.4 is 10.6 Å². The zero-order valence-corrected chi connectivity index (χ0v) is 37.4. The van der Waals surface area contributed by atoms with Crippen molar-refractivity contribution in [3.05, 3.63) is 11.3 Å². The highest BCUT2D eigenvalue weighted by Crippen LogP contribution is 2.35. The Balaban J connectivity index is 2.73. The second-order valence-electron chi connectivity index (χ2n) is 16.4. The Kier molecular flexibility index (Phi) is 32.8. The number of terminal acetylenes is 2. The van der Waals surface area contributed by atoms with Crippen LogP contribution in [0.25, 0.3) is 0 Å². The lowest BCUT2D eigenvalue weighted by Gasteiger charge is -2.39. The van der Waals surface area contributed by atoms with Crippen LogP contribution in [0, 0.1) is 24.7 Å². The van der Waals surface area contributed by atoms with Gasteiger partial charge in [-0.3, -0.25) is 9.59 Å². The van der Waals surface area contributed by atoms with Crippen molar-refractivity contribution in [1.82, 2.24) is 10.6 Å².